The highest BCUT2D eigenvalue weighted by molar-refractivity contribution is 7.90. The Bertz CT molecular complexity index is 1540. The Morgan fingerprint density at radius 1 is 0.973 bits per heavy atom. The van der Waals surface area contributed by atoms with E-state index in [1.165, 1.54) is 12.3 Å². The lowest BCUT2D eigenvalue weighted by molar-refractivity contribution is 0.0627. The maximum absolute atomic E-state index is 13.3. The number of halogens is 1. The highest BCUT2D eigenvalue weighted by Crippen LogP contribution is 2.26. The molecule has 5 rings (SSSR count). The van der Waals surface area contributed by atoms with Gasteiger partial charge in [-0.05, 0) is 54.4 Å². The van der Waals surface area contributed by atoms with Gasteiger partial charge >= 0.3 is 0 Å². The number of fused-ring (bicyclic) bond motifs is 1. The van der Waals surface area contributed by atoms with Crippen LogP contribution in [0, 0.1) is 12.7 Å². The van der Waals surface area contributed by atoms with E-state index in [0.29, 0.717) is 49.4 Å². The second-order valence-electron chi connectivity index (χ2n) is 9.27. The van der Waals surface area contributed by atoms with E-state index >= 15 is 0 Å². The number of carbonyl (C=O) groups is 1. The minimum atomic E-state index is -3.64. The third-order valence-electron chi connectivity index (χ3n) is 6.70. The summed E-state index contributed by atoms with van der Waals surface area (Å²) in [6.45, 7) is 4.97. The molecule has 0 bridgehead atoms. The van der Waals surface area contributed by atoms with Crippen molar-refractivity contribution in [1.82, 2.24) is 19.8 Å². The number of hydrogen-bond acceptors (Lipinski definition) is 6. The Hall–Kier alpha value is -3.69. The van der Waals surface area contributed by atoms with Crippen LogP contribution in [0.15, 0.2) is 78.0 Å². The van der Waals surface area contributed by atoms with Crippen molar-refractivity contribution >= 4 is 26.6 Å². The normalized spacial score (nSPS) is 14.7. The number of pyridine rings is 2. The van der Waals surface area contributed by atoms with Crippen molar-refractivity contribution in [2.45, 2.75) is 24.1 Å². The second kappa shape index (κ2) is 10.4. The predicted molar refractivity (Wildman–Crippen MR) is 139 cm³/mol. The van der Waals surface area contributed by atoms with E-state index in [1.54, 1.807) is 48.7 Å². The molecule has 1 aliphatic heterocycles. The molecule has 2 aromatic carbocycles. The summed E-state index contributed by atoms with van der Waals surface area (Å²) in [4.78, 5) is 25.7. The molecule has 0 unspecified atom stereocenters. The summed E-state index contributed by atoms with van der Waals surface area (Å²) in [7, 11) is -3.64. The van der Waals surface area contributed by atoms with Crippen LogP contribution >= 0.6 is 0 Å². The van der Waals surface area contributed by atoms with E-state index < -0.39 is 9.84 Å². The topological polar surface area (TPSA) is 83.5 Å². The number of rotatable bonds is 6. The molecule has 9 heteroatoms. The zero-order chi connectivity index (χ0) is 26.0. The van der Waals surface area contributed by atoms with Gasteiger partial charge in [0.05, 0.1) is 28.1 Å². The molecule has 7 nitrogen and oxygen atoms in total. The fourth-order valence-corrected chi connectivity index (χ4v) is 6.26. The number of aromatic nitrogens is 2. The van der Waals surface area contributed by atoms with E-state index in [2.05, 4.69) is 14.9 Å². The summed E-state index contributed by atoms with van der Waals surface area (Å²) in [5.41, 5.74) is 3.20. The first-order chi connectivity index (χ1) is 17.8. The third kappa shape index (κ3) is 5.52. The molecule has 1 saturated heterocycles. The van der Waals surface area contributed by atoms with Gasteiger partial charge in [0.1, 0.15) is 5.82 Å². The maximum atomic E-state index is 13.3. The highest BCUT2D eigenvalue weighted by Gasteiger charge is 2.24. The van der Waals surface area contributed by atoms with Gasteiger partial charge in [0.15, 0.2) is 9.84 Å². The number of sulfone groups is 1. The fourth-order valence-electron chi connectivity index (χ4n) is 4.62. The average molecular weight is 519 g/mol. The van der Waals surface area contributed by atoms with Gasteiger partial charge in [-0.25, -0.2) is 12.8 Å². The number of piperazine rings is 1. The van der Waals surface area contributed by atoms with Gasteiger partial charge < -0.3 is 4.90 Å². The van der Waals surface area contributed by atoms with Crippen LogP contribution in [0.4, 0.5) is 4.39 Å². The Morgan fingerprint density at radius 3 is 2.49 bits per heavy atom. The Kier molecular flexibility index (Phi) is 6.99. The van der Waals surface area contributed by atoms with Crippen LogP contribution < -0.4 is 0 Å². The molecule has 3 heterocycles. The van der Waals surface area contributed by atoms with Crippen LogP contribution in [0.25, 0.3) is 10.9 Å². The van der Waals surface area contributed by atoms with E-state index in [1.807, 2.05) is 24.0 Å². The van der Waals surface area contributed by atoms with Crippen LogP contribution in [0.5, 0.6) is 0 Å². The minimum Gasteiger partial charge on any atom is -0.336 e. The van der Waals surface area contributed by atoms with E-state index in [4.69, 9.17) is 0 Å². The standard InChI is InChI=1S/C28H27FN4O3S/c1-20-16-22(28(34)33-14-12-32(13-15-33)18-25-10-9-24(29)17-31-25)7-8-23(20)19-37(35,36)26-6-2-4-21-5-3-11-30-27(21)26/h2-11,16-17H,12-15,18-19H2,1H3. The number of nitrogens with zero attached hydrogens (tertiary/aromatic N) is 4. The lowest BCUT2D eigenvalue weighted by Gasteiger charge is -2.34. The average Bonchev–Trinajstić information content (AvgIpc) is 2.91. The minimum absolute atomic E-state index is 0.0738. The second-order valence-corrected chi connectivity index (χ2v) is 11.2. The summed E-state index contributed by atoms with van der Waals surface area (Å²) in [5, 5.41) is 0.773. The van der Waals surface area contributed by atoms with Gasteiger partial charge in [-0.15, -0.1) is 0 Å². The summed E-state index contributed by atoms with van der Waals surface area (Å²) in [5.74, 6) is -0.599. The zero-order valence-electron chi connectivity index (χ0n) is 20.5. The largest absolute Gasteiger partial charge is 0.336 e. The lowest BCUT2D eigenvalue weighted by atomic mass is 10.1. The van der Waals surface area contributed by atoms with Crippen molar-refractivity contribution in [3.8, 4) is 0 Å². The van der Waals surface area contributed by atoms with Crippen molar-refractivity contribution in [2.75, 3.05) is 26.2 Å². The number of aryl methyl sites for hydroxylation is 1. The van der Waals surface area contributed by atoms with Crippen molar-refractivity contribution in [3.63, 3.8) is 0 Å². The fraction of sp³-hybridized carbons (Fsp3) is 0.250. The molecular weight excluding hydrogens is 491 g/mol. The number of benzene rings is 2. The first-order valence-corrected chi connectivity index (χ1v) is 13.7. The van der Waals surface area contributed by atoms with E-state index in [9.17, 15) is 17.6 Å². The molecule has 2 aromatic heterocycles. The molecule has 0 aliphatic carbocycles. The smallest absolute Gasteiger partial charge is 0.253 e. The Balaban J connectivity index is 1.25. The van der Waals surface area contributed by atoms with Gasteiger partial charge in [0.25, 0.3) is 5.91 Å². The first-order valence-electron chi connectivity index (χ1n) is 12.1. The molecule has 0 N–H and O–H groups in total. The summed E-state index contributed by atoms with van der Waals surface area (Å²) in [6, 6.07) is 17.0. The summed E-state index contributed by atoms with van der Waals surface area (Å²) in [6.07, 6.45) is 2.80. The predicted octanol–water partition coefficient (Wildman–Crippen LogP) is 4.01. The molecule has 0 saturated carbocycles. The van der Waals surface area contributed by atoms with Gasteiger partial charge in [-0.1, -0.05) is 24.3 Å². The van der Waals surface area contributed by atoms with Crippen LogP contribution in [-0.2, 0) is 22.1 Å². The number of carbonyl (C=O) groups excluding carboxylic acids is 1. The lowest BCUT2D eigenvalue weighted by Crippen LogP contribution is -2.48. The van der Waals surface area contributed by atoms with E-state index in [-0.39, 0.29) is 22.4 Å². The van der Waals surface area contributed by atoms with Gasteiger partial charge in [0.2, 0.25) is 0 Å². The molecule has 0 atom stereocenters. The van der Waals surface area contributed by atoms with Crippen molar-refractivity contribution in [3.05, 3.63) is 101 Å². The first kappa shape index (κ1) is 25.0. The van der Waals surface area contributed by atoms with Crippen molar-refractivity contribution in [2.24, 2.45) is 0 Å². The quantitative estimate of drug-likeness (QED) is 0.384. The molecule has 1 fully saturated rings. The van der Waals surface area contributed by atoms with E-state index in [0.717, 1.165) is 16.6 Å². The molecule has 37 heavy (non-hydrogen) atoms. The molecule has 0 spiro atoms. The Morgan fingerprint density at radius 2 is 1.76 bits per heavy atom. The van der Waals surface area contributed by atoms with Gasteiger partial charge in [-0.3, -0.25) is 19.7 Å². The summed E-state index contributed by atoms with van der Waals surface area (Å²) >= 11 is 0. The molecular formula is C28H27FN4O3S. The van der Waals surface area contributed by atoms with Crippen LogP contribution in [-0.4, -0.2) is 60.3 Å². The highest BCUT2D eigenvalue weighted by atomic mass is 32.2. The van der Waals surface area contributed by atoms with Crippen molar-refractivity contribution < 1.29 is 17.6 Å². The van der Waals surface area contributed by atoms with Crippen LogP contribution in [0.1, 0.15) is 27.2 Å². The molecule has 1 amide bonds. The third-order valence-corrected chi connectivity index (χ3v) is 8.39. The molecule has 1 aliphatic rings. The molecule has 0 radical (unpaired) electrons. The summed E-state index contributed by atoms with van der Waals surface area (Å²) < 4.78 is 39.6. The Labute approximate surface area is 215 Å². The van der Waals surface area contributed by atoms with Gasteiger partial charge in [0, 0.05) is 49.9 Å². The maximum Gasteiger partial charge on any atom is 0.253 e. The monoisotopic (exact) mass is 518 g/mol. The molecule has 190 valence electrons. The van der Waals surface area contributed by atoms with Gasteiger partial charge in [-0.2, -0.15) is 0 Å². The number of amides is 1. The zero-order valence-corrected chi connectivity index (χ0v) is 21.3. The molecule has 4 aromatic rings. The van der Waals surface area contributed by atoms with Crippen LogP contribution in [0.2, 0.25) is 0 Å². The van der Waals surface area contributed by atoms with Crippen molar-refractivity contribution in [1.29, 1.82) is 0 Å². The van der Waals surface area contributed by atoms with Crippen LogP contribution in [0.3, 0.4) is 0 Å². The number of para-hydroxylation sites is 1. The number of hydrogen-bond donors (Lipinski definition) is 0. The SMILES string of the molecule is Cc1cc(C(=O)N2CCN(Cc3ccc(F)cn3)CC2)ccc1CS(=O)(=O)c1cccc2cccnc12.